The molecule has 166 valence electrons. The standard InChI is InChI=1S/C22H37N3O3.HI/c1-4-23-21(25-17-22(13-15-26)11-6-5-7-12-22)24-14-10-18-16-19(27-2)8-9-20(18)28-3;/h8-9,16,26H,4-7,10-15,17H2,1-3H3,(H2,23,24,25);1H. The third-order valence-electron chi connectivity index (χ3n) is 5.65. The van der Waals surface area contributed by atoms with E-state index in [-0.39, 0.29) is 36.0 Å². The van der Waals surface area contributed by atoms with Crippen molar-refractivity contribution in [1.29, 1.82) is 0 Å². The van der Waals surface area contributed by atoms with Crippen LogP contribution in [-0.2, 0) is 6.42 Å². The highest BCUT2D eigenvalue weighted by molar-refractivity contribution is 14.0. The van der Waals surface area contributed by atoms with Crippen LogP contribution in [0.4, 0.5) is 0 Å². The number of rotatable bonds is 10. The smallest absolute Gasteiger partial charge is 0.191 e. The van der Waals surface area contributed by atoms with Gasteiger partial charge in [-0.3, -0.25) is 4.99 Å². The Bertz CT molecular complexity index is 614. The highest BCUT2D eigenvalue weighted by Crippen LogP contribution is 2.39. The number of nitrogens with one attached hydrogen (secondary N) is 2. The maximum atomic E-state index is 9.51. The van der Waals surface area contributed by atoms with E-state index in [4.69, 9.17) is 14.5 Å². The van der Waals surface area contributed by atoms with E-state index in [0.717, 1.165) is 68.3 Å². The summed E-state index contributed by atoms with van der Waals surface area (Å²) in [6.07, 6.45) is 7.78. The molecule has 0 spiro atoms. The van der Waals surface area contributed by atoms with Gasteiger partial charge < -0.3 is 25.2 Å². The van der Waals surface area contributed by atoms with Gasteiger partial charge in [0.2, 0.25) is 0 Å². The molecule has 1 saturated carbocycles. The Kier molecular flexibility index (Phi) is 12.4. The molecule has 1 fully saturated rings. The number of aliphatic imine (C=N–C) groups is 1. The minimum Gasteiger partial charge on any atom is -0.497 e. The summed E-state index contributed by atoms with van der Waals surface area (Å²) in [6.45, 7) is 4.66. The summed E-state index contributed by atoms with van der Waals surface area (Å²) in [5.74, 6) is 2.54. The fourth-order valence-corrected chi connectivity index (χ4v) is 4.01. The van der Waals surface area contributed by atoms with Gasteiger partial charge in [-0.25, -0.2) is 0 Å². The van der Waals surface area contributed by atoms with E-state index in [2.05, 4.69) is 17.6 Å². The average Bonchev–Trinajstić information content (AvgIpc) is 2.73. The van der Waals surface area contributed by atoms with E-state index >= 15 is 0 Å². The Hall–Kier alpha value is -1.22. The van der Waals surface area contributed by atoms with Crippen molar-refractivity contribution in [2.45, 2.75) is 51.9 Å². The van der Waals surface area contributed by atoms with Crippen molar-refractivity contribution < 1.29 is 14.6 Å². The Morgan fingerprint density at radius 2 is 1.90 bits per heavy atom. The molecule has 0 aliphatic heterocycles. The van der Waals surface area contributed by atoms with Gasteiger partial charge >= 0.3 is 0 Å². The molecule has 29 heavy (non-hydrogen) atoms. The molecule has 0 amide bonds. The fourth-order valence-electron chi connectivity index (χ4n) is 4.01. The highest BCUT2D eigenvalue weighted by atomic mass is 127. The third-order valence-corrected chi connectivity index (χ3v) is 5.65. The van der Waals surface area contributed by atoms with Crippen LogP contribution in [0.25, 0.3) is 0 Å². The summed E-state index contributed by atoms with van der Waals surface area (Å²) in [5.41, 5.74) is 1.26. The molecule has 0 saturated heterocycles. The first kappa shape index (κ1) is 25.8. The maximum absolute atomic E-state index is 9.51. The van der Waals surface area contributed by atoms with Crippen molar-refractivity contribution in [3.05, 3.63) is 23.8 Å². The van der Waals surface area contributed by atoms with Crippen molar-refractivity contribution in [3.8, 4) is 11.5 Å². The van der Waals surface area contributed by atoms with Crippen LogP contribution in [-0.4, -0.2) is 51.5 Å². The second-order valence-corrected chi connectivity index (χ2v) is 7.58. The lowest BCUT2D eigenvalue weighted by atomic mass is 9.72. The zero-order valence-corrected chi connectivity index (χ0v) is 20.5. The molecule has 0 atom stereocenters. The van der Waals surface area contributed by atoms with E-state index in [9.17, 15) is 5.11 Å². The molecule has 6 nitrogen and oxygen atoms in total. The Morgan fingerprint density at radius 3 is 2.52 bits per heavy atom. The highest BCUT2D eigenvalue weighted by Gasteiger charge is 2.31. The van der Waals surface area contributed by atoms with Crippen LogP contribution in [0, 0.1) is 5.41 Å². The quantitative estimate of drug-likeness (QED) is 0.250. The number of halogens is 1. The summed E-state index contributed by atoms with van der Waals surface area (Å²) in [7, 11) is 3.36. The molecule has 7 heteroatoms. The van der Waals surface area contributed by atoms with E-state index < -0.39 is 0 Å². The van der Waals surface area contributed by atoms with Gasteiger partial charge in [-0.15, -0.1) is 24.0 Å². The molecule has 0 heterocycles. The molecule has 1 aliphatic carbocycles. The van der Waals surface area contributed by atoms with Crippen molar-refractivity contribution >= 4 is 29.9 Å². The molecule has 0 radical (unpaired) electrons. The number of aliphatic hydroxyl groups is 1. The topological polar surface area (TPSA) is 75.1 Å². The fraction of sp³-hybridized carbons (Fsp3) is 0.682. The van der Waals surface area contributed by atoms with Crippen LogP contribution >= 0.6 is 24.0 Å². The number of guanidine groups is 1. The van der Waals surface area contributed by atoms with Gasteiger partial charge in [0.15, 0.2) is 5.96 Å². The zero-order valence-electron chi connectivity index (χ0n) is 18.1. The predicted octanol–water partition coefficient (Wildman–Crippen LogP) is 3.75. The van der Waals surface area contributed by atoms with Crippen LogP contribution in [0.5, 0.6) is 11.5 Å². The summed E-state index contributed by atoms with van der Waals surface area (Å²) in [4.78, 5) is 4.86. The van der Waals surface area contributed by atoms with Crippen LogP contribution < -0.4 is 20.1 Å². The normalized spacial score (nSPS) is 15.9. The van der Waals surface area contributed by atoms with Crippen molar-refractivity contribution in [1.82, 2.24) is 10.6 Å². The van der Waals surface area contributed by atoms with Crippen molar-refractivity contribution in [2.75, 3.05) is 40.5 Å². The van der Waals surface area contributed by atoms with Crippen molar-refractivity contribution in [2.24, 2.45) is 10.4 Å². The van der Waals surface area contributed by atoms with E-state index in [0.29, 0.717) is 0 Å². The number of hydrogen-bond donors (Lipinski definition) is 3. The van der Waals surface area contributed by atoms with E-state index in [1.807, 2.05) is 18.2 Å². The number of methoxy groups -OCH3 is 2. The molecule has 0 unspecified atom stereocenters. The summed E-state index contributed by atoms with van der Waals surface area (Å²) >= 11 is 0. The predicted molar refractivity (Wildman–Crippen MR) is 130 cm³/mol. The molecule has 2 rings (SSSR count). The molecule has 1 aromatic rings. The summed E-state index contributed by atoms with van der Waals surface area (Å²) in [5, 5.41) is 16.3. The van der Waals surface area contributed by atoms with Gasteiger partial charge in [0, 0.05) is 26.2 Å². The minimum absolute atomic E-state index is 0. The molecule has 0 aromatic heterocycles. The Labute approximate surface area is 192 Å². The van der Waals surface area contributed by atoms with Crippen LogP contribution in [0.15, 0.2) is 23.2 Å². The number of hydrogen-bond acceptors (Lipinski definition) is 4. The minimum atomic E-state index is 0. The second kappa shape index (κ2) is 13.9. The molecule has 1 aliphatic rings. The zero-order chi connectivity index (χ0) is 20.2. The first-order valence-electron chi connectivity index (χ1n) is 10.5. The van der Waals surface area contributed by atoms with Gasteiger partial charge in [-0.2, -0.15) is 0 Å². The van der Waals surface area contributed by atoms with Crippen LogP contribution in [0.3, 0.4) is 0 Å². The molecule has 1 aromatic carbocycles. The summed E-state index contributed by atoms with van der Waals surface area (Å²) < 4.78 is 10.8. The number of ether oxygens (including phenoxy) is 2. The third kappa shape index (κ3) is 8.20. The SMILES string of the molecule is CCNC(=NCC1(CCO)CCCCC1)NCCc1cc(OC)ccc1OC.I. The maximum Gasteiger partial charge on any atom is 0.191 e. The van der Waals surface area contributed by atoms with Crippen LogP contribution in [0.1, 0.15) is 51.0 Å². The largest absolute Gasteiger partial charge is 0.497 e. The Balaban J connectivity index is 0.00000420. The first-order chi connectivity index (χ1) is 13.7. The van der Waals surface area contributed by atoms with Crippen molar-refractivity contribution in [3.63, 3.8) is 0 Å². The van der Waals surface area contributed by atoms with E-state index in [1.54, 1.807) is 14.2 Å². The summed E-state index contributed by atoms with van der Waals surface area (Å²) in [6, 6.07) is 5.87. The second-order valence-electron chi connectivity index (χ2n) is 7.58. The first-order valence-corrected chi connectivity index (χ1v) is 10.5. The lowest BCUT2D eigenvalue weighted by molar-refractivity contribution is 0.137. The molecular formula is C22H38IN3O3. The van der Waals surface area contributed by atoms with Gasteiger partial charge in [-0.1, -0.05) is 19.3 Å². The average molecular weight is 519 g/mol. The molecule has 3 N–H and O–H groups in total. The van der Waals surface area contributed by atoms with Gasteiger partial charge in [0.05, 0.1) is 14.2 Å². The molecular weight excluding hydrogens is 481 g/mol. The number of aliphatic hydroxyl groups excluding tert-OH is 1. The van der Waals surface area contributed by atoms with Gasteiger partial charge in [-0.05, 0) is 61.8 Å². The Morgan fingerprint density at radius 1 is 1.14 bits per heavy atom. The number of nitrogens with zero attached hydrogens (tertiary/aromatic N) is 1. The lowest BCUT2D eigenvalue weighted by Gasteiger charge is -2.35. The van der Waals surface area contributed by atoms with Gasteiger partial charge in [0.1, 0.15) is 11.5 Å². The van der Waals surface area contributed by atoms with Crippen LogP contribution in [0.2, 0.25) is 0 Å². The monoisotopic (exact) mass is 519 g/mol. The molecule has 0 bridgehead atoms. The van der Waals surface area contributed by atoms with E-state index in [1.165, 1.54) is 19.3 Å². The lowest BCUT2D eigenvalue weighted by Crippen LogP contribution is -2.40. The number of benzene rings is 1. The van der Waals surface area contributed by atoms with Gasteiger partial charge in [0.25, 0.3) is 0 Å².